The van der Waals surface area contributed by atoms with Crippen LogP contribution in [0.5, 0.6) is 0 Å². The SMILES string of the molecule is CCn1cc(S(=O)(=O)Nc2ccccn2)cc1CO. The van der Waals surface area contributed by atoms with Crippen molar-refractivity contribution in [1.82, 2.24) is 9.55 Å². The molecule has 0 bridgehead atoms. The van der Waals surface area contributed by atoms with Gasteiger partial charge in [0.15, 0.2) is 0 Å². The predicted octanol–water partition coefficient (Wildman–Crippen LogP) is 1.20. The fraction of sp³-hybridized carbons (Fsp3) is 0.250. The lowest BCUT2D eigenvalue weighted by Crippen LogP contribution is -2.13. The number of aliphatic hydroxyl groups excluding tert-OH is 1. The van der Waals surface area contributed by atoms with Gasteiger partial charge in [0.05, 0.1) is 6.61 Å². The summed E-state index contributed by atoms with van der Waals surface area (Å²) in [5, 5.41) is 9.17. The van der Waals surface area contributed by atoms with E-state index in [1.165, 1.54) is 18.5 Å². The number of nitrogens with one attached hydrogen (secondary N) is 1. The second-order valence-electron chi connectivity index (χ2n) is 3.93. The zero-order valence-corrected chi connectivity index (χ0v) is 11.3. The van der Waals surface area contributed by atoms with Crippen LogP contribution in [0.1, 0.15) is 12.6 Å². The Morgan fingerprint density at radius 3 is 2.74 bits per heavy atom. The molecule has 0 aliphatic heterocycles. The highest BCUT2D eigenvalue weighted by molar-refractivity contribution is 7.92. The van der Waals surface area contributed by atoms with Crippen LogP contribution in [0.2, 0.25) is 0 Å². The van der Waals surface area contributed by atoms with Crippen molar-refractivity contribution < 1.29 is 13.5 Å². The molecule has 0 aliphatic rings. The smallest absolute Gasteiger partial charge is 0.264 e. The van der Waals surface area contributed by atoms with Gasteiger partial charge in [-0.1, -0.05) is 6.07 Å². The molecule has 2 heterocycles. The lowest BCUT2D eigenvalue weighted by Gasteiger charge is -2.04. The molecule has 19 heavy (non-hydrogen) atoms. The van der Waals surface area contributed by atoms with Crippen LogP contribution in [0.15, 0.2) is 41.6 Å². The molecule has 0 saturated heterocycles. The molecule has 102 valence electrons. The molecule has 7 heteroatoms. The highest BCUT2D eigenvalue weighted by Crippen LogP contribution is 2.17. The van der Waals surface area contributed by atoms with Crippen LogP contribution in [0.25, 0.3) is 0 Å². The Hall–Kier alpha value is -1.86. The van der Waals surface area contributed by atoms with Crippen LogP contribution in [0.4, 0.5) is 5.82 Å². The molecule has 6 nitrogen and oxygen atoms in total. The number of aliphatic hydroxyl groups is 1. The van der Waals surface area contributed by atoms with E-state index in [4.69, 9.17) is 5.11 Å². The average molecular weight is 281 g/mol. The molecule has 0 saturated carbocycles. The molecule has 2 N–H and O–H groups in total. The largest absolute Gasteiger partial charge is 0.390 e. The first-order valence-corrected chi connectivity index (χ1v) is 7.29. The molecule has 0 amide bonds. The van der Waals surface area contributed by atoms with E-state index in [-0.39, 0.29) is 17.3 Å². The minimum atomic E-state index is -3.68. The topological polar surface area (TPSA) is 84.2 Å². The lowest BCUT2D eigenvalue weighted by atomic mass is 10.4. The van der Waals surface area contributed by atoms with E-state index >= 15 is 0 Å². The maximum atomic E-state index is 12.2. The average Bonchev–Trinajstić information content (AvgIpc) is 2.83. The van der Waals surface area contributed by atoms with E-state index in [0.717, 1.165) is 0 Å². The van der Waals surface area contributed by atoms with E-state index in [1.54, 1.807) is 22.8 Å². The number of rotatable bonds is 5. The Balaban J connectivity index is 2.32. The van der Waals surface area contributed by atoms with E-state index in [1.807, 2.05) is 6.92 Å². The van der Waals surface area contributed by atoms with Gasteiger partial charge < -0.3 is 9.67 Å². The van der Waals surface area contributed by atoms with Crippen LogP contribution in [-0.4, -0.2) is 23.1 Å². The Kier molecular flexibility index (Phi) is 3.87. The molecule has 2 aromatic rings. The summed E-state index contributed by atoms with van der Waals surface area (Å²) < 4.78 is 28.4. The zero-order chi connectivity index (χ0) is 13.9. The summed E-state index contributed by atoms with van der Waals surface area (Å²) >= 11 is 0. The van der Waals surface area contributed by atoms with Crippen molar-refractivity contribution in [3.8, 4) is 0 Å². The maximum Gasteiger partial charge on any atom is 0.264 e. The van der Waals surface area contributed by atoms with Crippen LogP contribution in [-0.2, 0) is 23.2 Å². The molecular formula is C12H15N3O3S. The third-order valence-corrected chi connectivity index (χ3v) is 4.00. The van der Waals surface area contributed by atoms with Gasteiger partial charge in [-0.05, 0) is 25.1 Å². The van der Waals surface area contributed by atoms with Crippen molar-refractivity contribution in [1.29, 1.82) is 0 Å². The first-order valence-electron chi connectivity index (χ1n) is 5.80. The van der Waals surface area contributed by atoms with Crippen LogP contribution < -0.4 is 4.72 Å². The highest BCUT2D eigenvalue weighted by atomic mass is 32.2. The number of hydrogen-bond acceptors (Lipinski definition) is 4. The van der Waals surface area contributed by atoms with Gasteiger partial charge in [-0.25, -0.2) is 13.4 Å². The van der Waals surface area contributed by atoms with Crippen molar-refractivity contribution in [2.24, 2.45) is 0 Å². The molecule has 2 rings (SSSR count). The summed E-state index contributed by atoms with van der Waals surface area (Å²) in [7, 11) is -3.68. The molecule has 0 atom stereocenters. The van der Waals surface area contributed by atoms with Crippen molar-refractivity contribution >= 4 is 15.8 Å². The van der Waals surface area contributed by atoms with E-state index in [0.29, 0.717) is 12.2 Å². The van der Waals surface area contributed by atoms with Gasteiger partial charge in [0.25, 0.3) is 10.0 Å². The summed E-state index contributed by atoms with van der Waals surface area (Å²) in [6, 6.07) is 6.42. The number of pyridine rings is 1. The van der Waals surface area contributed by atoms with E-state index < -0.39 is 10.0 Å². The van der Waals surface area contributed by atoms with Gasteiger partial charge in [-0.2, -0.15) is 0 Å². The molecular weight excluding hydrogens is 266 g/mol. The lowest BCUT2D eigenvalue weighted by molar-refractivity contribution is 0.271. The van der Waals surface area contributed by atoms with Gasteiger partial charge in [0.1, 0.15) is 10.7 Å². The zero-order valence-electron chi connectivity index (χ0n) is 10.4. The summed E-state index contributed by atoms with van der Waals surface area (Å²) in [5.41, 5.74) is 0.559. The number of aromatic nitrogens is 2. The minimum Gasteiger partial charge on any atom is -0.390 e. The Labute approximate surface area is 111 Å². The standard InChI is InChI=1S/C12H15N3O3S/c1-2-15-8-11(7-10(15)9-16)19(17,18)14-12-5-3-4-6-13-12/h3-8,16H,2,9H2,1H3,(H,13,14). The number of aryl methyl sites for hydroxylation is 1. The molecule has 0 unspecified atom stereocenters. The molecule has 0 radical (unpaired) electrons. The first kappa shape index (κ1) is 13.6. The third-order valence-electron chi connectivity index (χ3n) is 2.68. The van der Waals surface area contributed by atoms with Gasteiger partial charge in [-0.15, -0.1) is 0 Å². The quantitative estimate of drug-likeness (QED) is 0.862. The summed E-state index contributed by atoms with van der Waals surface area (Å²) in [5.74, 6) is 0.261. The van der Waals surface area contributed by atoms with Crippen molar-refractivity contribution in [2.45, 2.75) is 25.0 Å². The molecule has 0 aromatic carbocycles. The summed E-state index contributed by atoms with van der Waals surface area (Å²) in [6.07, 6.45) is 3.01. The molecule has 2 aromatic heterocycles. The fourth-order valence-corrected chi connectivity index (χ4v) is 2.79. The van der Waals surface area contributed by atoms with E-state index in [2.05, 4.69) is 9.71 Å². The van der Waals surface area contributed by atoms with Gasteiger partial charge in [0, 0.05) is 24.6 Å². The van der Waals surface area contributed by atoms with Crippen LogP contribution in [0, 0.1) is 0 Å². The molecule has 0 fully saturated rings. The van der Waals surface area contributed by atoms with Crippen molar-refractivity contribution in [3.63, 3.8) is 0 Å². The number of sulfonamides is 1. The summed E-state index contributed by atoms with van der Waals surface area (Å²) in [4.78, 5) is 4.03. The van der Waals surface area contributed by atoms with Crippen molar-refractivity contribution in [2.75, 3.05) is 4.72 Å². The van der Waals surface area contributed by atoms with E-state index in [9.17, 15) is 8.42 Å². The Bertz CT molecular complexity index is 629. The molecule has 0 aliphatic carbocycles. The highest BCUT2D eigenvalue weighted by Gasteiger charge is 2.18. The minimum absolute atomic E-state index is 0.115. The fourth-order valence-electron chi connectivity index (χ4n) is 1.72. The molecule has 0 spiro atoms. The monoisotopic (exact) mass is 281 g/mol. The second kappa shape index (κ2) is 5.41. The Morgan fingerprint density at radius 1 is 1.42 bits per heavy atom. The number of hydrogen-bond donors (Lipinski definition) is 2. The van der Waals surface area contributed by atoms with Crippen LogP contribution in [0.3, 0.4) is 0 Å². The summed E-state index contributed by atoms with van der Waals surface area (Å²) in [6.45, 7) is 2.27. The maximum absolute atomic E-state index is 12.2. The van der Waals surface area contributed by atoms with Crippen LogP contribution >= 0.6 is 0 Å². The van der Waals surface area contributed by atoms with Gasteiger partial charge in [-0.3, -0.25) is 4.72 Å². The van der Waals surface area contributed by atoms with Crippen molar-refractivity contribution in [3.05, 3.63) is 42.4 Å². The Morgan fingerprint density at radius 2 is 2.21 bits per heavy atom. The second-order valence-corrected chi connectivity index (χ2v) is 5.61. The third kappa shape index (κ3) is 2.94. The predicted molar refractivity (Wildman–Crippen MR) is 71.1 cm³/mol. The first-order chi connectivity index (χ1) is 9.06. The normalized spacial score (nSPS) is 11.5. The number of anilines is 1. The number of nitrogens with zero attached hydrogens (tertiary/aromatic N) is 2. The van der Waals surface area contributed by atoms with Gasteiger partial charge in [0.2, 0.25) is 0 Å². The van der Waals surface area contributed by atoms with Gasteiger partial charge >= 0.3 is 0 Å².